The second-order valence-electron chi connectivity index (χ2n) is 5.83. The normalized spacial score (nSPS) is 13.0. The Balaban J connectivity index is 1.98. The first-order chi connectivity index (χ1) is 13.3. The van der Waals surface area contributed by atoms with Gasteiger partial charge in [0.25, 0.3) is 5.91 Å². The summed E-state index contributed by atoms with van der Waals surface area (Å²) in [5.41, 5.74) is 0.600. The second kappa shape index (κ2) is 7.41. The molecule has 10 heteroatoms. The number of hydrogen-bond donors (Lipinski definition) is 3. The molecule has 148 valence electrons. The molecule has 0 radical (unpaired) electrons. The molecule has 1 amide bonds. The third-order valence-electron chi connectivity index (χ3n) is 4.08. The van der Waals surface area contributed by atoms with Gasteiger partial charge in [0, 0.05) is 6.07 Å². The van der Waals surface area contributed by atoms with E-state index in [2.05, 4.69) is 5.32 Å². The summed E-state index contributed by atoms with van der Waals surface area (Å²) in [5.74, 6) is -0.194. The van der Waals surface area contributed by atoms with Crippen LogP contribution in [0.4, 0.5) is 5.69 Å². The number of phenolic OH excluding ortho intramolecular Hbond substituents is 1. The Hall–Kier alpha value is -3.24. The third-order valence-corrected chi connectivity index (χ3v) is 5.05. The number of methoxy groups -OCH3 is 2. The number of sulfonamides is 1. The maximum atomic E-state index is 12.6. The summed E-state index contributed by atoms with van der Waals surface area (Å²) >= 11 is 0. The molecule has 0 unspecified atom stereocenters. The van der Waals surface area contributed by atoms with E-state index in [1.165, 1.54) is 44.6 Å². The molecular weight excluding hydrogens is 388 g/mol. The molecule has 0 saturated heterocycles. The summed E-state index contributed by atoms with van der Waals surface area (Å²) in [7, 11) is -1.26. The number of carbonyl (C=O) groups excluding carboxylic acids is 1. The van der Waals surface area contributed by atoms with Crippen molar-refractivity contribution in [2.45, 2.75) is 4.90 Å². The molecule has 0 aliphatic carbocycles. The van der Waals surface area contributed by atoms with Crippen LogP contribution in [0.2, 0.25) is 0 Å². The highest BCUT2D eigenvalue weighted by molar-refractivity contribution is 7.89. The molecule has 0 spiro atoms. The third kappa shape index (κ3) is 3.59. The molecule has 1 aliphatic heterocycles. The molecule has 9 nitrogen and oxygen atoms in total. The van der Waals surface area contributed by atoms with Crippen LogP contribution in [0.5, 0.6) is 23.0 Å². The van der Waals surface area contributed by atoms with Crippen LogP contribution >= 0.6 is 0 Å². The highest BCUT2D eigenvalue weighted by Gasteiger charge is 2.25. The lowest BCUT2D eigenvalue weighted by molar-refractivity contribution is -0.113. The minimum absolute atomic E-state index is 0.0474. The van der Waals surface area contributed by atoms with E-state index in [1.54, 1.807) is 6.07 Å². The number of para-hydroxylation sites is 1. The molecule has 1 heterocycles. The number of fused-ring (bicyclic) bond motifs is 1. The van der Waals surface area contributed by atoms with Crippen LogP contribution in [0.25, 0.3) is 6.08 Å². The summed E-state index contributed by atoms with van der Waals surface area (Å²) in [4.78, 5) is 12.4. The SMILES string of the molecule is COc1cc2c(c(OC)c1O)C=C(C(=O)Nc1ccccc1S(N)(=O)=O)CO2. The Bertz CT molecular complexity index is 1080. The molecule has 2 aromatic carbocycles. The Morgan fingerprint density at radius 3 is 2.61 bits per heavy atom. The molecule has 0 bridgehead atoms. The monoisotopic (exact) mass is 406 g/mol. The van der Waals surface area contributed by atoms with E-state index < -0.39 is 15.9 Å². The van der Waals surface area contributed by atoms with Gasteiger partial charge in [0.05, 0.1) is 31.0 Å². The Morgan fingerprint density at radius 1 is 1.25 bits per heavy atom. The highest BCUT2D eigenvalue weighted by Crippen LogP contribution is 2.46. The number of carbonyl (C=O) groups is 1. The van der Waals surface area contributed by atoms with Crippen LogP contribution < -0.4 is 24.7 Å². The average molecular weight is 406 g/mol. The predicted molar refractivity (Wildman–Crippen MR) is 101 cm³/mol. The number of anilines is 1. The van der Waals surface area contributed by atoms with E-state index in [9.17, 15) is 18.3 Å². The summed E-state index contributed by atoms with van der Waals surface area (Å²) < 4.78 is 39.3. The molecule has 1 aliphatic rings. The largest absolute Gasteiger partial charge is 0.502 e. The van der Waals surface area contributed by atoms with Crippen LogP contribution in [-0.4, -0.2) is 40.3 Å². The zero-order chi connectivity index (χ0) is 20.5. The minimum atomic E-state index is -4.01. The molecule has 0 fully saturated rings. The maximum Gasteiger partial charge on any atom is 0.255 e. The molecule has 0 atom stereocenters. The second-order valence-corrected chi connectivity index (χ2v) is 7.36. The fourth-order valence-electron chi connectivity index (χ4n) is 2.76. The lowest BCUT2D eigenvalue weighted by atomic mass is 10.0. The quantitative estimate of drug-likeness (QED) is 0.684. The number of nitrogens with two attached hydrogens (primary N) is 1. The highest BCUT2D eigenvalue weighted by atomic mass is 32.2. The van der Waals surface area contributed by atoms with Crippen LogP contribution in [-0.2, 0) is 14.8 Å². The zero-order valence-electron chi connectivity index (χ0n) is 15.1. The van der Waals surface area contributed by atoms with E-state index in [4.69, 9.17) is 19.3 Å². The van der Waals surface area contributed by atoms with E-state index in [0.717, 1.165) is 0 Å². The van der Waals surface area contributed by atoms with Crippen LogP contribution in [0.1, 0.15) is 5.56 Å². The lowest BCUT2D eigenvalue weighted by Crippen LogP contribution is -2.23. The van der Waals surface area contributed by atoms with Crippen molar-refractivity contribution in [1.29, 1.82) is 0 Å². The van der Waals surface area contributed by atoms with E-state index in [1.807, 2.05) is 0 Å². The van der Waals surface area contributed by atoms with Crippen LogP contribution in [0.15, 0.2) is 40.8 Å². The predicted octanol–water partition coefficient (Wildman–Crippen LogP) is 1.47. The fourth-order valence-corrected chi connectivity index (χ4v) is 3.45. The number of hydrogen-bond acceptors (Lipinski definition) is 7. The van der Waals surface area contributed by atoms with Gasteiger partial charge in [-0.3, -0.25) is 4.79 Å². The van der Waals surface area contributed by atoms with Gasteiger partial charge in [-0.05, 0) is 18.2 Å². The first-order valence-corrected chi connectivity index (χ1v) is 9.55. The van der Waals surface area contributed by atoms with Crippen molar-refractivity contribution in [3.05, 3.63) is 41.5 Å². The van der Waals surface area contributed by atoms with Gasteiger partial charge in [-0.2, -0.15) is 0 Å². The zero-order valence-corrected chi connectivity index (χ0v) is 15.9. The smallest absolute Gasteiger partial charge is 0.255 e. The average Bonchev–Trinajstić information content (AvgIpc) is 2.66. The first-order valence-electron chi connectivity index (χ1n) is 8.00. The van der Waals surface area contributed by atoms with Crippen LogP contribution in [0, 0.1) is 0 Å². The topological polar surface area (TPSA) is 137 Å². The number of primary sulfonamides is 1. The van der Waals surface area contributed by atoms with E-state index in [-0.39, 0.29) is 40.0 Å². The Kier molecular flexibility index (Phi) is 5.16. The molecule has 0 aromatic heterocycles. The Labute approximate surface area is 161 Å². The summed E-state index contributed by atoms with van der Waals surface area (Å²) in [6.45, 7) is -0.0759. The lowest BCUT2D eigenvalue weighted by Gasteiger charge is -2.21. The fraction of sp³-hybridized carbons (Fsp3) is 0.167. The van der Waals surface area contributed by atoms with Crippen molar-refractivity contribution in [2.24, 2.45) is 5.14 Å². The molecule has 2 aromatic rings. The standard InChI is InChI=1S/C18H18N2O7S/c1-25-14-8-13-11(17(26-2)16(14)21)7-10(9-27-13)18(22)20-12-5-3-4-6-15(12)28(19,23)24/h3-8,21H,9H2,1-2H3,(H,20,22)(H2,19,23,24). The van der Waals surface area contributed by atoms with E-state index in [0.29, 0.717) is 11.3 Å². The van der Waals surface area contributed by atoms with Gasteiger partial charge in [-0.15, -0.1) is 0 Å². The van der Waals surface area contributed by atoms with E-state index >= 15 is 0 Å². The molecule has 0 saturated carbocycles. The summed E-state index contributed by atoms with van der Waals surface area (Å²) in [6, 6.07) is 7.26. The van der Waals surface area contributed by atoms with Gasteiger partial charge in [0.2, 0.25) is 15.8 Å². The number of amides is 1. The number of rotatable bonds is 5. The molecule has 3 rings (SSSR count). The maximum absolute atomic E-state index is 12.6. The van der Waals surface area contributed by atoms with Crippen molar-refractivity contribution in [2.75, 3.05) is 26.1 Å². The molecule has 28 heavy (non-hydrogen) atoms. The first kappa shape index (κ1) is 19.5. The number of benzene rings is 2. The number of ether oxygens (including phenoxy) is 3. The minimum Gasteiger partial charge on any atom is -0.502 e. The van der Waals surface area contributed by atoms with Crippen molar-refractivity contribution < 1.29 is 32.5 Å². The number of nitrogens with one attached hydrogen (secondary N) is 1. The van der Waals surface area contributed by atoms with Gasteiger partial charge < -0.3 is 24.6 Å². The van der Waals surface area contributed by atoms with Gasteiger partial charge in [-0.1, -0.05) is 12.1 Å². The van der Waals surface area contributed by atoms with Gasteiger partial charge >= 0.3 is 0 Å². The van der Waals surface area contributed by atoms with Crippen molar-refractivity contribution in [1.82, 2.24) is 0 Å². The van der Waals surface area contributed by atoms with Crippen molar-refractivity contribution in [3.8, 4) is 23.0 Å². The number of aromatic hydroxyl groups is 1. The van der Waals surface area contributed by atoms with Gasteiger partial charge in [0.15, 0.2) is 11.5 Å². The number of phenols is 1. The Morgan fingerprint density at radius 2 is 1.96 bits per heavy atom. The summed E-state index contributed by atoms with van der Waals surface area (Å²) in [6.07, 6.45) is 1.49. The molecule has 4 N–H and O–H groups in total. The van der Waals surface area contributed by atoms with Gasteiger partial charge in [-0.25, -0.2) is 13.6 Å². The van der Waals surface area contributed by atoms with Crippen LogP contribution in [0.3, 0.4) is 0 Å². The van der Waals surface area contributed by atoms with Crippen molar-refractivity contribution >= 4 is 27.7 Å². The molecular formula is C18H18N2O7S. The summed E-state index contributed by atoms with van der Waals surface area (Å²) in [5, 5.41) is 17.9. The van der Waals surface area contributed by atoms with Crippen molar-refractivity contribution in [3.63, 3.8) is 0 Å². The van der Waals surface area contributed by atoms with Gasteiger partial charge in [0.1, 0.15) is 17.3 Å².